The molecule has 0 aromatic heterocycles. The summed E-state index contributed by atoms with van der Waals surface area (Å²) < 4.78 is 14.2. The predicted octanol–water partition coefficient (Wildman–Crippen LogP) is 2.14. The van der Waals surface area contributed by atoms with Crippen LogP contribution in [0.15, 0.2) is 0 Å². The van der Waals surface area contributed by atoms with Crippen LogP contribution in [0.2, 0.25) is 0 Å². The molecule has 0 aliphatic carbocycles. The molecule has 0 saturated heterocycles. The molecule has 0 amide bonds. The maximum Gasteiger partial charge on any atom is 0.509 e. The molecular formula is C11H20O5. The summed E-state index contributed by atoms with van der Waals surface area (Å²) >= 11 is 0. The van der Waals surface area contributed by atoms with Gasteiger partial charge in [-0.2, -0.15) is 0 Å². The lowest BCUT2D eigenvalue weighted by molar-refractivity contribution is -0.161. The van der Waals surface area contributed by atoms with Crippen molar-refractivity contribution < 1.29 is 23.8 Å². The van der Waals surface area contributed by atoms with Gasteiger partial charge in [-0.3, -0.25) is 0 Å². The van der Waals surface area contributed by atoms with Crippen molar-refractivity contribution in [2.75, 3.05) is 13.7 Å². The summed E-state index contributed by atoms with van der Waals surface area (Å²) in [5.74, 6) is -0.625. The lowest BCUT2D eigenvalue weighted by Gasteiger charge is -2.23. The van der Waals surface area contributed by atoms with Gasteiger partial charge in [0, 0.05) is 0 Å². The Bertz CT molecular complexity index is 262. The van der Waals surface area contributed by atoms with Gasteiger partial charge in [0.1, 0.15) is 0 Å². The van der Waals surface area contributed by atoms with Crippen molar-refractivity contribution in [3.05, 3.63) is 0 Å². The average Bonchev–Trinajstić information content (AvgIpc) is 2.11. The minimum atomic E-state index is -1.33. The van der Waals surface area contributed by atoms with Crippen molar-refractivity contribution in [2.24, 2.45) is 5.41 Å². The Kier molecular flexibility index (Phi) is 4.78. The first-order valence-corrected chi connectivity index (χ1v) is 5.03. The van der Waals surface area contributed by atoms with Gasteiger partial charge in [-0.25, -0.2) is 9.59 Å². The van der Waals surface area contributed by atoms with Crippen molar-refractivity contribution in [3.8, 4) is 0 Å². The van der Waals surface area contributed by atoms with E-state index in [2.05, 4.69) is 4.74 Å². The minimum absolute atomic E-state index is 0.144. The predicted molar refractivity (Wildman–Crippen MR) is 58.0 cm³/mol. The number of carbonyl (C=O) groups excluding carboxylic acids is 2. The highest BCUT2D eigenvalue weighted by Crippen LogP contribution is 2.16. The highest BCUT2D eigenvalue weighted by Gasteiger charge is 2.34. The van der Waals surface area contributed by atoms with Crippen molar-refractivity contribution in [1.29, 1.82) is 0 Å². The normalized spacial score (nSPS) is 11.9. The van der Waals surface area contributed by atoms with Gasteiger partial charge < -0.3 is 14.2 Å². The molecule has 0 aromatic rings. The Hall–Kier alpha value is -1.26. The molecule has 0 spiro atoms. The van der Waals surface area contributed by atoms with Gasteiger partial charge >= 0.3 is 12.1 Å². The summed E-state index contributed by atoms with van der Waals surface area (Å²) in [7, 11) is 1.23. The van der Waals surface area contributed by atoms with Crippen LogP contribution in [0.5, 0.6) is 0 Å². The van der Waals surface area contributed by atoms with Crippen LogP contribution < -0.4 is 0 Å². The van der Waals surface area contributed by atoms with Crippen LogP contribution in [0.1, 0.15) is 34.6 Å². The van der Waals surface area contributed by atoms with E-state index in [1.165, 1.54) is 21.0 Å². The molecule has 0 bridgehead atoms. The number of carbonyl (C=O) groups is 2. The monoisotopic (exact) mass is 232 g/mol. The number of rotatable bonds is 3. The average molecular weight is 232 g/mol. The maximum absolute atomic E-state index is 11.3. The molecule has 0 fully saturated rings. The fraction of sp³-hybridized carbons (Fsp3) is 0.818. The quantitative estimate of drug-likeness (QED) is 0.697. The van der Waals surface area contributed by atoms with Crippen molar-refractivity contribution in [2.45, 2.75) is 40.2 Å². The first-order chi connectivity index (χ1) is 7.08. The molecule has 0 radical (unpaired) electrons. The van der Waals surface area contributed by atoms with E-state index in [1.54, 1.807) is 0 Å². The van der Waals surface area contributed by atoms with Crippen molar-refractivity contribution in [1.82, 2.24) is 0 Å². The molecule has 0 rings (SSSR count). The van der Waals surface area contributed by atoms with Gasteiger partial charge in [0.25, 0.3) is 0 Å². The summed E-state index contributed by atoms with van der Waals surface area (Å²) in [5, 5.41) is 0. The molecule has 5 nitrogen and oxygen atoms in total. The van der Waals surface area contributed by atoms with Gasteiger partial charge in [-0.1, -0.05) is 20.8 Å². The van der Waals surface area contributed by atoms with E-state index in [-0.39, 0.29) is 12.0 Å². The van der Waals surface area contributed by atoms with Crippen molar-refractivity contribution >= 4 is 12.1 Å². The van der Waals surface area contributed by atoms with Gasteiger partial charge in [-0.05, 0) is 19.3 Å². The van der Waals surface area contributed by atoms with E-state index < -0.39 is 17.7 Å². The molecule has 0 atom stereocenters. The van der Waals surface area contributed by atoms with Crippen LogP contribution >= 0.6 is 0 Å². The third-order valence-electron chi connectivity index (χ3n) is 1.64. The summed E-state index contributed by atoms with van der Waals surface area (Å²) in [4.78, 5) is 22.5. The molecule has 0 N–H and O–H groups in total. The van der Waals surface area contributed by atoms with Crippen LogP contribution in [0.4, 0.5) is 4.79 Å². The van der Waals surface area contributed by atoms with Crippen molar-refractivity contribution in [3.63, 3.8) is 0 Å². The van der Waals surface area contributed by atoms with Gasteiger partial charge in [-0.15, -0.1) is 0 Å². The Labute approximate surface area is 96.1 Å². The third-order valence-corrected chi connectivity index (χ3v) is 1.64. The molecule has 0 unspecified atom stereocenters. The minimum Gasteiger partial charge on any atom is -0.466 e. The zero-order chi connectivity index (χ0) is 13.0. The second-order valence-electron chi connectivity index (χ2n) is 5.20. The summed E-state index contributed by atoms with van der Waals surface area (Å²) in [6, 6.07) is 0. The number of hydrogen-bond donors (Lipinski definition) is 0. The Morgan fingerprint density at radius 3 is 1.94 bits per heavy atom. The third kappa shape index (κ3) is 5.58. The highest BCUT2D eigenvalue weighted by atomic mass is 16.7. The molecule has 0 heterocycles. The molecule has 0 aliphatic rings. The Morgan fingerprint density at radius 2 is 1.56 bits per heavy atom. The van der Waals surface area contributed by atoms with Crippen LogP contribution in [-0.2, 0) is 19.0 Å². The van der Waals surface area contributed by atoms with Crippen LogP contribution in [0.25, 0.3) is 0 Å². The summed E-state index contributed by atoms with van der Waals surface area (Å²) in [5.41, 5.74) is -1.47. The molecule has 16 heavy (non-hydrogen) atoms. The summed E-state index contributed by atoms with van der Waals surface area (Å²) in [6.07, 6.45) is -0.870. The smallest absolute Gasteiger partial charge is 0.466 e. The lowest BCUT2D eigenvalue weighted by atomic mass is 9.99. The highest BCUT2D eigenvalue weighted by molar-refractivity contribution is 5.81. The molecular weight excluding hydrogens is 212 g/mol. The molecule has 0 aliphatic heterocycles. The SMILES string of the molecule is COC(=O)C(C)(C)OC(=O)OCC(C)(C)C. The van der Waals surface area contributed by atoms with E-state index in [9.17, 15) is 9.59 Å². The standard InChI is InChI=1S/C11H20O5/c1-10(2,3)7-15-9(13)16-11(4,5)8(12)14-6/h7H2,1-6H3. The molecule has 5 heteroatoms. The maximum atomic E-state index is 11.3. The number of esters is 1. The van der Waals surface area contributed by atoms with E-state index in [4.69, 9.17) is 9.47 Å². The molecule has 0 saturated carbocycles. The number of methoxy groups -OCH3 is 1. The van der Waals surface area contributed by atoms with E-state index >= 15 is 0 Å². The fourth-order valence-electron chi connectivity index (χ4n) is 0.801. The fourth-order valence-corrected chi connectivity index (χ4v) is 0.801. The first-order valence-electron chi connectivity index (χ1n) is 5.03. The second-order valence-corrected chi connectivity index (χ2v) is 5.20. The van der Waals surface area contributed by atoms with Crippen LogP contribution in [0, 0.1) is 5.41 Å². The zero-order valence-corrected chi connectivity index (χ0v) is 10.7. The van der Waals surface area contributed by atoms with Crippen LogP contribution in [0.3, 0.4) is 0 Å². The summed E-state index contributed by atoms with van der Waals surface area (Å²) in [6.45, 7) is 8.88. The van der Waals surface area contributed by atoms with Gasteiger partial charge in [0.2, 0.25) is 5.60 Å². The van der Waals surface area contributed by atoms with E-state index in [0.717, 1.165) is 0 Å². The second kappa shape index (κ2) is 5.18. The van der Waals surface area contributed by atoms with E-state index in [0.29, 0.717) is 0 Å². The zero-order valence-electron chi connectivity index (χ0n) is 10.7. The van der Waals surface area contributed by atoms with Crippen LogP contribution in [-0.4, -0.2) is 31.4 Å². The Morgan fingerprint density at radius 1 is 1.06 bits per heavy atom. The molecule has 0 aromatic carbocycles. The molecule has 94 valence electrons. The first kappa shape index (κ1) is 14.7. The largest absolute Gasteiger partial charge is 0.509 e. The van der Waals surface area contributed by atoms with Gasteiger partial charge in [0.05, 0.1) is 13.7 Å². The van der Waals surface area contributed by atoms with Gasteiger partial charge in [0.15, 0.2) is 0 Å². The topological polar surface area (TPSA) is 61.8 Å². The lowest BCUT2D eigenvalue weighted by Crippen LogP contribution is -2.38. The number of hydrogen-bond acceptors (Lipinski definition) is 5. The Balaban J connectivity index is 4.20. The number of ether oxygens (including phenoxy) is 3. The van der Waals surface area contributed by atoms with E-state index in [1.807, 2.05) is 20.8 Å².